The molecule has 0 aliphatic carbocycles. The third kappa shape index (κ3) is 8.94. The lowest BCUT2D eigenvalue weighted by atomic mass is 10.2. The van der Waals surface area contributed by atoms with E-state index in [1.54, 1.807) is 17.7 Å². The van der Waals surface area contributed by atoms with Gasteiger partial charge in [-0.2, -0.15) is 0 Å². The number of nitrogens with one attached hydrogen (secondary N) is 1. The summed E-state index contributed by atoms with van der Waals surface area (Å²) < 4.78 is -0.0239. The average molecular weight is 391 g/mol. The summed E-state index contributed by atoms with van der Waals surface area (Å²) in [7, 11) is 2.94. The van der Waals surface area contributed by atoms with Gasteiger partial charge in [0.05, 0.1) is 0 Å². The summed E-state index contributed by atoms with van der Waals surface area (Å²) in [6.45, 7) is 7.38. The standard InChI is InChI=1S/C15H26N4O4S2/c1-5-6-12(21)19(9-20)11(7-16)14(23)18-10(13(17)22)8-24-25-15(2,3)4/h5-6,9-11H,7-8,16H2,1-4H3,(H2,17,22)(H,18,23)/b6-5-. The van der Waals surface area contributed by atoms with E-state index in [0.29, 0.717) is 4.90 Å². The van der Waals surface area contributed by atoms with E-state index in [-0.39, 0.29) is 23.5 Å². The minimum atomic E-state index is -1.22. The zero-order chi connectivity index (χ0) is 19.6. The van der Waals surface area contributed by atoms with E-state index in [1.807, 2.05) is 20.8 Å². The van der Waals surface area contributed by atoms with Crippen LogP contribution in [0.15, 0.2) is 12.2 Å². The molecule has 0 bridgehead atoms. The Hall–Kier alpha value is -1.52. The Labute approximate surface area is 155 Å². The van der Waals surface area contributed by atoms with Crippen molar-refractivity contribution in [3.05, 3.63) is 12.2 Å². The first-order valence-corrected chi connectivity index (χ1v) is 9.90. The van der Waals surface area contributed by atoms with Crippen LogP contribution in [-0.2, 0) is 19.2 Å². The second-order valence-corrected chi connectivity index (χ2v) is 9.21. The SMILES string of the molecule is C/C=C\C(=O)N(C=O)C(CN)C(=O)NC(CSSC(C)(C)C)C(N)=O. The van der Waals surface area contributed by atoms with Gasteiger partial charge < -0.3 is 16.8 Å². The van der Waals surface area contributed by atoms with Crippen molar-refractivity contribution in [2.24, 2.45) is 11.5 Å². The molecule has 2 atom stereocenters. The zero-order valence-corrected chi connectivity index (χ0v) is 16.5. The van der Waals surface area contributed by atoms with Crippen molar-refractivity contribution in [2.75, 3.05) is 12.3 Å². The summed E-state index contributed by atoms with van der Waals surface area (Å²) in [4.78, 5) is 47.6. The smallest absolute Gasteiger partial charge is 0.253 e. The second-order valence-electron chi connectivity index (χ2n) is 6.05. The van der Waals surface area contributed by atoms with Crippen LogP contribution in [0.2, 0.25) is 0 Å². The number of nitrogens with zero attached hydrogens (tertiary/aromatic N) is 1. The lowest BCUT2D eigenvalue weighted by molar-refractivity contribution is -0.143. The Morgan fingerprint density at radius 2 is 1.88 bits per heavy atom. The van der Waals surface area contributed by atoms with Crippen LogP contribution in [0.1, 0.15) is 27.7 Å². The third-order valence-corrected chi connectivity index (χ3v) is 6.09. The molecular weight excluding hydrogens is 364 g/mol. The molecule has 0 aliphatic heterocycles. The first-order chi connectivity index (χ1) is 11.6. The summed E-state index contributed by atoms with van der Waals surface area (Å²) in [5, 5.41) is 2.46. The molecule has 2 unspecified atom stereocenters. The molecule has 0 saturated heterocycles. The van der Waals surface area contributed by atoms with Gasteiger partial charge in [-0.1, -0.05) is 48.4 Å². The molecule has 0 radical (unpaired) electrons. The fourth-order valence-electron chi connectivity index (χ4n) is 1.60. The van der Waals surface area contributed by atoms with Crippen molar-refractivity contribution in [3.8, 4) is 0 Å². The van der Waals surface area contributed by atoms with Gasteiger partial charge in [0.2, 0.25) is 18.2 Å². The van der Waals surface area contributed by atoms with Crippen molar-refractivity contribution >= 4 is 45.7 Å². The Morgan fingerprint density at radius 3 is 2.28 bits per heavy atom. The van der Waals surface area contributed by atoms with E-state index in [0.717, 1.165) is 6.08 Å². The number of imide groups is 1. The molecule has 5 N–H and O–H groups in total. The fraction of sp³-hybridized carbons (Fsp3) is 0.600. The highest BCUT2D eigenvalue weighted by Gasteiger charge is 2.30. The number of primary amides is 1. The summed E-state index contributed by atoms with van der Waals surface area (Å²) in [5.74, 6) is -1.83. The molecule has 0 aromatic carbocycles. The fourth-order valence-corrected chi connectivity index (χ4v) is 4.07. The number of carbonyl (C=O) groups excluding carboxylic acids is 4. The van der Waals surface area contributed by atoms with Crippen LogP contribution >= 0.6 is 21.6 Å². The minimum absolute atomic E-state index is 0.0239. The van der Waals surface area contributed by atoms with Gasteiger partial charge in [-0.05, 0) is 13.0 Å². The Kier molecular flexibility index (Phi) is 10.5. The third-order valence-electron chi connectivity index (χ3n) is 2.74. The van der Waals surface area contributed by atoms with Gasteiger partial charge in [0.25, 0.3) is 5.91 Å². The van der Waals surface area contributed by atoms with Crippen molar-refractivity contribution in [2.45, 2.75) is 44.5 Å². The minimum Gasteiger partial charge on any atom is -0.368 e. The molecule has 4 amide bonds. The lowest BCUT2D eigenvalue weighted by Gasteiger charge is -2.26. The first-order valence-electron chi connectivity index (χ1n) is 7.58. The monoisotopic (exact) mass is 390 g/mol. The molecule has 0 spiro atoms. The van der Waals surface area contributed by atoms with Gasteiger partial charge in [0, 0.05) is 17.0 Å². The highest BCUT2D eigenvalue weighted by molar-refractivity contribution is 8.77. The van der Waals surface area contributed by atoms with Crippen LogP contribution in [0.5, 0.6) is 0 Å². The summed E-state index contributed by atoms with van der Waals surface area (Å²) in [6, 6.07) is -2.16. The van der Waals surface area contributed by atoms with Crippen molar-refractivity contribution in [3.63, 3.8) is 0 Å². The van der Waals surface area contributed by atoms with Gasteiger partial charge in [-0.3, -0.25) is 24.1 Å². The zero-order valence-electron chi connectivity index (χ0n) is 14.9. The molecule has 0 rings (SSSR count). The predicted octanol–water partition coefficient (Wildman–Crippen LogP) is 0.0248. The van der Waals surface area contributed by atoms with E-state index in [4.69, 9.17) is 11.5 Å². The van der Waals surface area contributed by atoms with Crippen LogP contribution in [0.25, 0.3) is 0 Å². The molecule has 0 heterocycles. The van der Waals surface area contributed by atoms with Crippen molar-refractivity contribution < 1.29 is 19.2 Å². The molecule has 0 saturated carbocycles. The van der Waals surface area contributed by atoms with Crippen LogP contribution in [0.4, 0.5) is 0 Å². The Morgan fingerprint density at radius 1 is 1.28 bits per heavy atom. The molecular formula is C15H26N4O4S2. The number of hydrogen-bond donors (Lipinski definition) is 3. The topological polar surface area (TPSA) is 136 Å². The maximum atomic E-state index is 12.4. The first kappa shape index (κ1) is 23.5. The van der Waals surface area contributed by atoms with Crippen molar-refractivity contribution in [1.82, 2.24) is 10.2 Å². The number of amides is 4. The molecule has 8 nitrogen and oxygen atoms in total. The number of rotatable bonds is 10. The highest BCUT2D eigenvalue weighted by atomic mass is 33.1. The molecule has 0 aromatic heterocycles. The van der Waals surface area contributed by atoms with Crippen LogP contribution < -0.4 is 16.8 Å². The number of carbonyl (C=O) groups is 4. The van der Waals surface area contributed by atoms with Crippen LogP contribution in [0, 0.1) is 0 Å². The molecule has 0 fully saturated rings. The lowest BCUT2D eigenvalue weighted by Crippen LogP contribution is -2.57. The quantitative estimate of drug-likeness (QED) is 0.272. The molecule has 10 heteroatoms. The maximum absolute atomic E-state index is 12.4. The van der Waals surface area contributed by atoms with E-state index in [1.165, 1.54) is 16.9 Å². The summed E-state index contributed by atoms with van der Waals surface area (Å²) >= 11 is 0. The number of hydrogen-bond acceptors (Lipinski definition) is 7. The second kappa shape index (κ2) is 11.2. The maximum Gasteiger partial charge on any atom is 0.253 e. The van der Waals surface area contributed by atoms with Crippen molar-refractivity contribution in [1.29, 1.82) is 0 Å². The number of allylic oxidation sites excluding steroid dienone is 1. The molecule has 0 aromatic rings. The van der Waals surface area contributed by atoms with E-state index < -0.39 is 29.8 Å². The van der Waals surface area contributed by atoms with E-state index in [9.17, 15) is 19.2 Å². The van der Waals surface area contributed by atoms with E-state index in [2.05, 4.69) is 5.32 Å². The van der Waals surface area contributed by atoms with Gasteiger partial charge in [-0.15, -0.1) is 0 Å². The van der Waals surface area contributed by atoms with Gasteiger partial charge in [-0.25, -0.2) is 0 Å². The molecule has 0 aliphatic rings. The van der Waals surface area contributed by atoms with Crippen LogP contribution in [0.3, 0.4) is 0 Å². The van der Waals surface area contributed by atoms with E-state index >= 15 is 0 Å². The van der Waals surface area contributed by atoms with Gasteiger partial charge in [0.1, 0.15) is 12.1 Å². The Balaban J connectivity index is 5.02. The molecule has 142 valence electrons. The summed E-state index contributed by atoms with van der Waals surface area (Å²) in [5.41, 5.74) is 10.9. The Bertz CT molecular complexity index is 520. The average Bonchev–Trinajstić information content (AvgIpc) is 2.49. The normalized spacial score (nSPS) is 14.0. The summed E-state index contributed by atoms with van der Waals surface area (Å²) in [6.07, 6.45) is 2.82. The van der Waals surface area contributed by atoms with Gasteiger partial charge >= 0.3 is 0 Å². The van der Waals surface area contributed by atoms with Crippen LogP contribution in [-0.4, -0.2) is 58.2 Å². The number of nitrogens with two attached hydrogens (primary N) is 2. The molecule has 25 heavy (non-hydrogen) atoms. The highest BCUT2D eigenvalue weighted by Crippen LogP contribution is 2.35. The largest absolute Gasteiger partial charge is 0.368 e. The predicted molar refractivity (Wildman–Crippen MR) is 101 cm³/mol. The van der Waals surface area contributed by atoms with Gasteiger partial charge in [0.15, 0.2) is 0 Å².